The van der Waals surface area contributed by atoms with E-state index in [4.69, 9.17) is 26.5 Å². The van der Waals surface area contributed by atoms with E-state index in [0.29, 0.717) is 5.56 Å². The van der Waals surface area contributed by atoms with E-state index >= 15 is 0 Å². The Morgan fingerprint density at radius 1 is 1.30 bits per heavy atom. The molecule has 20 heavy (non-hydrogen) atoms. The molecule has 0 heterocycles. The number of aliphatic carboxylic acids is 2. The first-order valence-corrected chi connectivity index (χ1v) is 5.48. The molecule has 110 valence electrons. The van der Waals surface area contributed by atoms with Crippen LogP contribution in [0.15, 0.2) is 30.3 Å². The third-order valence-corrected chi connectivity index (χ3v) is 2.13. The van der Waals surface area contributed by atoms with Crippen LogP contribution in [0.3, 0.4) is 0 Å². The molecule has 0 saturated carbocycles. The normalized spacial score (nSPS) is 10.7. The number of nitrogens with two attached hydrogens (primary N) is 1. The minimum absolute atomic E-state index is 0.227. The maximum Gasteiger partial charge on any atom is 0.337 e. The largest absolute Gasteiger partial charge is 0.480 e. The van der Waals surface area contributed by atoms with Crippen molar-refractivity contribution in [1.82, 2.24) is 4.90 Å². The Labute approximate surface area is 115 Å². The average Bonchev–Trinajstić information content (AvgIpc) is 2.38. The molecule has 0 aliphatic carbocycles. The van der Waals surface area contributed by atoms with Gasteiger partial charge in [-0.2, -0.15) is 0 Å². The molecule has 0 radical (unpaired) electrons. The van der Waals surface area contributed by atoms with Crippen LogP contribution in [-0.2, 0) is 9.59 Å². The quantitative estimate of drug-likeness (QED) is 0.376. The van der Waals surface area contributed by atoms with Gasteiger partial charge in [0.05, 0.1) is 0 Å². The van der Waals surface area contributed by atoms with Gasteiger partial charge in [-0.25, -0.2) is 4.79 Å². The van der Waals surface area contributed by atoms with E-state index in [1.165, 1.54) is 7.05 Å². The number of likely N-dealkylation sites (N-methyl/N-ethyl adjacent to an activating group) is 1. The highest BCUT2D eigenvalue weighted by atomic mass is 16.4. The molecule has 1 aromatic carbocycles. The van der Waals surface area contributed by atoms with Crippen LogP contribution < -0.4 is 5.73 Å². The minimum atomic E-state index is -1.41. The van der Waals surface area contributed by atoms with Crippen molar-refractivity contribution < 1.29 is 24.9 Å². The molecule has 1 unspecified atom stereocenters. The fourth-order valence-corrected chi connectivity index (χ4v) is 1.07. The topological polar surface area (TPSA) is 148 Å². The molecule has 8 heteroatoms. The highest BCUT2D eigenvalue weighted by molar-refractivity contribution is 5.80. The number of carboxylic acid groups (broad SMARTS) is 2. The zero-order valence-corrected chi connectivity index (χ0v) is 10.9. The molecular formula is C12H17N3O5. The molecule has 1 atom stereocenters. The summed E-state index contributed by atoms with van der Waals surface area (Å²) in [5, 5.41) is 32.3. The smallest absolute Gasteiger partial charge is 0.337 e. The zero-order chi connectivity index (χ0) is 15.7. The highest BCUT2D eigenvalue weighted by Gasteiger charge is 2.14. The number of guanidine groups is 1. The van der Waals surface area contributed by atoms with Crippen LogP contribution in [0, 0.1) is 5.41 Å². The molecule has 8 nitrogen and oxygen atoms in total. The lowest BCUT2D eigenvalue weighted by atomic mass is 10.1. The summed E-state index contributed by atoms with van der Waals surface area (Å²) in [4.78, 5) is 21.3. The van der Waals surface area contributed by atoms with E-state index in [1.807, 2.05) is 0 Å². The van der Waals surface area contributed by atoms with Crippen LogP contribution in [0.5, 0.6) is 0 Å². The van der Waals surface area contributed by atoms with Gasteiger partial charge in [-0.1, -0.05) is 30.3 Å². The number of nitrogens with one attached hydrogen (secondary N) is 1. The molecule has 1 aromatic rings. The lowest BCUT2D eigenvalue weighted by Crippen LogP contribution is -2.36. The summed E-state index contributed by atoms with van der Waals surface area (Å²) in [5.74, 6) is -2.46. The van der Waals surface area contributed by atoms with E-state index in [0.717, 1.165) is 4.90 Å². The molecule has 1 rings (SSSR count). The number of hydrogen-bond donors (Lipinski definition) is 5. The van der Waals surface area contributed by atoms with Gasteiger partial charge < -0.3 is 26.0 Å². The Morgan fingerprint density at radius 2 is 1.80 bits per heavy atom. The van der Waals surface area contributed by atoms with Crippen LogP contribution in [0.1, 0.15) is 11.7 Å². The monoisotopic (exact) mass is 283 g/mol. The molecule has 0 spiro atoms. The Morgan fingerprint density at radius 3 is 2.10 bits per heavy atom. The number of carboxylic acids is 2. The summed E-state index contributed by atoms with van der Waals surface area (Å²) < 4.78 is 0. The van der Waals surface area contributed by atoms with Gasteiger partial charge >= 0.3 is 11.9 Å². The van der Waals surface area contributed by atoms with Gasteiger partial charge in [0.25, 0.3) is 0 Å². The number of rotatable bonds is 4. The van der Waals surface area contributed by atoms with Gasteiger partial charge in [0.1, 0.15) is 6.54 Å². The number of hydrogen-bond acceptors (Lipinski definition) is 4. The lowest BCUT2D eigenvalue weighted by Gasteiger charge is -2.12. The number of nitrogens with zero attached hydrogens (tertiary/aromatic N) is 1. The van der Waals surface area contributed by atoms with Gasteiger partial charge in [0.2, 0.25) is 0 Å². The summed E-state index contributed by atoms with van der Waals surface area (Å²) >= 11 is 0. The van der Waals surface area contributed by atoms with Crippen molar-refractivity contribution in [3.05, 3.63) is 35.9 Å². The minimum Gasteiger partial charge on any atom is -0.480 e. The summed E-state index contributed by atoms with van der Waals surface area (Å²) in [7, 11) is 1.44. The lowest BCUT2D eigenvalue weighted by molar-refractivity contribution is -0.147. The molecule has 0 saturated heterocycles. The van der Waals surface area contributed by atoms with Gasteiger partial charge in [0.15, 0.2) is 12.1 Å². The predicted octanol–water partition coefficient (Wildman–Crippen LogP) is -0.299. The van der Waals surface area contributed by atoms with Crippen molar-refractivity contribution in [2.45, 2.75) is 6.10 Å². The van der Waals surface area contributed by atoms with Crippen molar-refractivity contribution in [1.29, 1.82) is 5.41 Å². The first kappa shape index (κ1) is 17.4. The number of aliphatic hydroxyl groups excluding tert-OH is 1. The Balaban J connectivity index is 0.000000370. The van der Waals surface area contributed by atoms with Crippen LogP contribution in [0.2, 0.25) is 0 Å². The van der Waals surface area contributed by atoms with E-state index < -0.39 is 18.0 Å². The van der Waals surface area contributed by atoms with E-state index in [9.17, 15) is 9.59 Å². The standard InChI is InChI=1S/C8H8O3.C4H9N3O2/c9-7(8(10)11)6-4-2-1-3-5-6;1-7(4(5)6)2-3(8)9/h1-5,7,9H,(H,10,11);2H2,1H3,(H3,5,6)(H,8,9). The number of benzene rings is 1. The molecule has 6 N–H and O–H groups in total. The Kier molecular flexibility index (Phi) is 7.38. The van der Waals surface area contributed by atoms with Crippen molar-refractivity contribution in [3.63, 3.8) is 0 Å². The maximum absolute atomic E-state index is 10.2. The second-order valence-corrected chi connectivity index (χ2v) is 3.79. The van der Waals surface area contributed by atoms with Crippen LogP contribution in [0.4, 0.5) is 0 Å². The van der Waals surface area contributed by atoms with Crippen LogP contribution in [-0.4, -0.2) is 51.7 Å². The summed E-state index contributed by atoms with van der Waals surface area (Å²) in [6, 6.07) is 8.26. The number of carbonyl (C=O) groups is 2. The van der Waals surface area contributed by atoms with Gasteiger partial charge in [-0.05, 0) is 5.56 Å². The molecular weight excluding hydrogens is 266 g/mol. The molecule has 0 fully saturated rings. The van der Waals surface area contributed by atoms with Gasteiger partial charge in [-0.3, -0.25) is 10.2 Å². The summed E-state index contributed by atoms with van der Waals surface area (Å²) in [6.07, 6.45) is -1.41. The molecule has 0 amide bonds. The van der Waals surface area contributed by atoms with Crippen LogP contribution in [0.25, 0.3) is 0 Å². The average molecular weight is 283 g/mol. The maximum atomic E-state index is 10.2. The van der Waals surface area contributed by atoms with Crippen molar-refractivity contribution in [2.24, 2.45) is 5.73 Å². The third-order valence-electron chi connectivity index (χ3n) is 2.13. The first-order chi connectivity index (χ1) is 9.25. The molecule has 0 aliphatic rings. The van der Waals surface area contributed by atoms with E-state index in [-0.39, 0.29) is 12.5 Å². The van der Waals surface area contributed by atoms with Gasteiger partial charge in [0, 0.05) is 7.05 Å². The summed E-state index contributed by atoms with van der Waals surface area (Å²) in [5.41, 5.74) is 5.33. The predicted molar refractivity (Wildman–Crippen MR) is 71.2 cm³/mol. The molecule has 0 aromatic heterocycles. The SMILES string of the molecule is CN(CC(=O)O)C(=N)N.O=C(O)C(O)c1ccccc1. The fourth-order valence-electron chi connectivity index (χ4n) is 1.07. The second kappa shape index (κ2) is 8.48. The van der Waals surface area contributed by atoms with E-state index in [2.05, 4.69) is 0 Å². The van der Waals surface area contributed by atoms with Gasteiger partial charge in [-0.15, -0.1) is 0 Å². The zero-order valence-electron chi connectivity index (χ0n) is 10.9. The highest BCUT2D eigenvalue weighted by Crippen LogP contribution is 2.10. The third kappa shape index (κ3) is 6.97. The Bertz CT molecular complexity index is 463. The summed E-state index contributed by atoms with van der Waals surface area (Å²) in [6.45, 7) is -0.227. The van der Waals surface area contributed by atoms with Crippen molar-refractivity contribution in [3.8, 4) is 0 Å². The molecule has 0 bridgehead atoms. The van der Waals surface area contributed by atoms with E-state index in [1.54, 1.807) is 30.3 Å². The van der Waals surface area contributed by atoms with Crippen molar-refractivity contribution >= 4 is 17.9 Å². The Hall–Kier alpha value is -2.61. The molecule has 0 aliphatic heterocycles. The fraction of sp³-hybridized carbons (Fsp3) is 0.250. The second-order valence-electron chi connectivity index (χ2n) is 3.79. The van der Waals surface area contributed by atoms with Crippen molar-refractivity contribution in [2.75, 3.05) is 13.6 Å². The first-order valence-electron chi connectivity index (χ1n) is 5.48. The van der Waals surface area contributed by atoms with Crippen LogP contribution >= 0.6 is 0 Å². The number of aliphatic hydroxyl groups is 1.